The first-order valence-corrected chi connectivity index (χ1v) is 11.2. The van der Waals surface area contributed by atoms with Crippen LogP contribution in [0, 0.1) is 10.1 Å². The summed E-state index contributed by atoms with van der Waals surface area (Å²) >= 11 is 0. The van der Waals surface area contributed by atoms with Crippen LogP contribution >= 0.6 is 0 Å². The van der Waals surface area contributed by atoms with E-state index in [-0.39, 0.29) is 17.8 Å². The Morgan fingerprint density at radius 2 is 1.88 bits per heavy atom. The molecule has 0 spiro atoms. The van der Waals surface area contributed by atoms with Crippen LogP contribution in [0.3, 0.4) is 0 Å². The van der Waals surface area contributed by atoms with Crippen LogP contribution < -0.4 is 16.0 Å². The van der Waals surface area contributed by atoms with Gasteiger partial charge in [-0.15, -0.1) is 0 Å². The number of ether oxygens (including phenoxy) is 1. The average Bonchev–Trinajstić information content (AvgIpc) is 2.80. The first-order valence-electron chi connectivity index (χ1n) is 11.2. The number of nitrogens with one attached hydrogen (secondary N) is 3. The van der Waals surface area contributed by atoms with E-state index in [1.807, 2.05) is 6.20 Å². The highest BCUT2D eigenvalue weighted by atomic mass is 19.4. The number of hydrogen-bond donors (Lipinski definition) is 3. The number of halogens is 3. The summed E-state index contributed by atoms with van der Waals surface area (Å²) in [7, 11) is 0. The lowest BCUT2D eigenvalue weighted by molar-refractivity contribution is -0.388. The highest BCUT2D eigenvalue weighted by Crippen LogP contribution is 2.38. The van der Waals surface area contributed by atoms with Gasteiger partial charge < -0.3 is 25.6 Å². The SMILES string of the molecule is O=[N+]([O-])c1ccc(N[C@H]2CC[C@H](OC3=CNCC(N4CCNCC4)=C3)CC2)cc1C(F)(F)F. The van der Waals surface area contributed by atoms with Crippen LogP contribution in [0.25, 0.3) is 0 Å². The summed E-state index contributed by atoms with van der Waals surface area (Å²) in [6.07, 6.45) is 2.22. The second-order valence-electron chi connectivity index (χ2n) is 8.52. The van der Waals surface area contributed by atoms with Gasteiger partial charge in [0, 0.05) is 61.9 Å². The van der Waals surface area contributed by atoms with E-state index >= 15 is 0 Å². The molecule has 2 aliphatic heterocycles. The van der Waals surface area contributed by atoms with Gasteiger partial charge in [-0.25, -0.2) is 0 Å². The normalized spacial score (nSPS) is 23.8. The van der Waals surface area contributed by atoms with Crippen LogP contribution in [0.15, 0.2) is 41.9 Å². The van der Waals surface area contributed by atoms with Gasteiger partial charge in [0.05, 0.1) is 17.6 Å². The van der Waals surface area contributed by atoms with Crippen LogP contribution in [0.4, 0.5) is 24.5 Å². The summed E-state index contributed by atoms with van der Waals surface area (Å²) in [4.78, 5) is 12.3. The van der Waals surface area contributed by atoms with Crippen molar-refractivity contribution in [3.63, 3.8) is 0 Å². The van der Waals surface area contributed by atoms with Gasteiger partial charge in [0.2, 0.25) is 0 Å². The van der Waals surface area contributed by atoms with Crippen molar-refractivity contribution in [1.82, 2.24) is 15.5 Å². The van der Waals surface area contributed by atoms with Crippen molar-refractivity contribution < 1.29 is 22.8 Å². The van der Waals surface area contributed by atoms with E-state index in [2.05, 4.69) is 26.9 Å². The number of nitro benzene ring substituents is 1. The fraction of sp³-hybridized carbons (Fsp3) is 0.545. The zero-order valence-electron chi connectivity index (χ0n) is 18.2. The molecule has 2 fully saturated rings. The number of hydrogen-bond acceptors (Lipinski definition) is 7. The molecule has 1 saturated heterocycles. The molecule has 1 aliphatic carbocycles. The Bertz CT molecular complexity index is 920. The van der Waals surface area contributed by atoms with Gasteiger partial charge in [-0.2, -0.15) is 13.2 Å². The minimum absolute atomic E-state index is 0.0159. The Hall–Kier alpha value is -2.95. The largest absolute Gasteiger partial charge is 0.489 e. The van der Waals surface area contributed by atoms with Gasteiger partial charge in [0.15, 0.2) is 0 Å². The van der Waals surface area contributed by atoms with E-state index in [1.54, 1.807) is 0 Å². The molecule has 3 aliphatic rings. The molecule has 0 atom stereocenters. The highest BCUT2D eigenvalue weighted by Gasteiger charge is 2.38. The van der Waals surface area contributed by atoms with Gasteiger partial charge in [-0.05, 0) is 37.8 Å². The molecular weight excluding hydrogens is 439 g/mol. The molecule has 0 bridgehead atoms. The number of benzene rings is 1. The number of nitro groups is 1. The molecule has 0 radical (unpaired) electrons. The summed E-state index contributed by atoms with van der Waals surface area (Å²) in [6, 6.07) is 3.04. The lowest BCUT2D eigenvalue weighted by Crippen LogP contribution is -2.44. The van der Waals surface area contributed by atoms with Gasteiger partial charge >= 0.3 is 6.18 Å². The predicted molar refractivity (Wildman–Crippen MR) is 117 cm³/mol. The quantitative estimate of drug-likeness (QED) is 0.435. The zero-order chi connectivity index (χ0) is 23.4. The number of nitrogens with zero attached hydrogens (tertiary/aromatic N) is 2. The number of dihydropyridines is 1. The van der Waals surface area contributed by atoms with Gasteiger partial charge in [0.25, 0.3) is 5.69 Å². The molecular formula is C22H28F3N5O3. The minimum atomic E-state index is -4.79. The second-order valence-corrected chi connectivity index (χ2v) is 8.52. The van der Waals surface area contributed by atoms with Gasteiger partial charge in [-0.3, -0.25) is 10.1 Å². The molecule has 11 heteroatoms. The Kier molecular flexibility index (Phi) is 6.96. The maximum Gasteiger partial charge on any atom is 0.423 e. The van der Waals surface area contributed by atoms with E-state index in [0.29, 0.717) is 0 Å². The van der Waals surface area contributed by atoms with Crippen molar-refractivity contribution in [3.05, 3.63) is 57.6 Å². The number of rotatable bonds is 6. The van der Waals surface area contributed by atoms with Crippen molar-refractivity contribution >= 4 is 11.4 Å². The van der Waals surface area contributed by atoms with Crippen LogP contribution in [0.5, 0.6) is 0 Å². The number of anilines is 1. The Morgan fingerprint density at radius 3 is 2.55 bits per heavy atom. The number of alkyl halides is 3. The summed E-state index contributed by atoms with van der Waals surface area (Å²) in [5.74, 6) is 0.802. The topological polar surface area (TPSA) is 91.7 Å². The van der Waals surface area contributed by atoms with E-state index in [0.717, 1.165) is 76.3 Å². The first-order chi connectivity index (χ1) is 15.8. The standard InChI is InChI=1S/C22H28F3N5O3/c23-22(24,25)20-11-16(3-6-21(20)30(31)32)28-15-1-4-18(5-2-15)33-19-12-17(13-27-14-19)29-9-7-26-8-10-29/h3,6,11-12,14-15,18,26-28H,1-2,4-5,7-10,13H2/t15-,18-. The molecule has 0 aromatic heterocycles. The maximum atomic E-state index is 13.2. The molecule has 1 aromatic carbocycles. The number of allylic oxidation sites excluding steroid dienone is 1. The zero-order valence-corrected chi connectivity index (χ0v) is 18.2. The third-order valence-corrected chi connectivity index (χ3v) is 6.21. The summed E-state index contributed by atoms with van der Waals surface area (Å²) in [5, 5.41) is 20.7. The lowest BCUT2D eigenvalue weighted by Gasteiger charge is -2.34. The molecule has 33 heavy (non-hydrogen) atoms. The highest BCUT2D eigenvalue weighted by molar-refractivity contribution is 5.55. The van der Waals surface area contributed by atoms with E-state index < -0.39 is 22.4 Å². The maximum absolute atomic E-state index is 13.2. The van der Waals surface area contributed by atoms with Gasteiger partial charge in [0.1, 0.15) is 11.3 Å². The molecule has 180 valence electrons. The van der Waals surface area contributed by atoms with E-state index in [4.69, 9.17) is 4.74 Å². The fourth-order valence-corrected chi connectivity index (χ4v) is 4.50. The van der Waals surface area contributed by atoms with Crippen LogP contribution in [0.1, 0.15) is 31.2 Å². The summed E-state index contributed by atoms with van der Waals surface area (Å²) in [6.45, 7) is 4.65. The molecule has 1 saturated carbocycles. The molecule has 0 unspecified atom stereocenters. The Labute approximate surface area is 190 Å². The molecule has 2 heterocycles. The third kappa shape index (κ3) is 5.89. The minimum Gasteiger partial charge on any atom is -0.489 e. The smallest absolute Gasteiger partial charge is 0.423 e. The summed E-state index contributed by atoms with van der Waals surface area (Å²) < 4.78 is 45.8. The molecule has 4 rings (SSSR count). The second kappa shape index (κ2) is 9.90. The average molecular weight is 467 g/mol. The van der Waals surface area contributed by atoms with E-state index in [9.17, 15) is 23.3 Å². The van der Waals surface area contributed by atoms with Crippen LogP contribution in [-0.2, 0) is 10.9 Å². The van der Waals surface area contributed by atoms with Crippen molar-refractivity contribution in [1.29, 1.82) is 0 Å². The van der Waals surface area contributed by atoms with Crippen LogP contribution in [0.2, 0.25) is 0 Å². The molecule has 8 nitrogen and oxygen atoms in total. The molecule has 0 amide bonds. The predicted octanol–water partition coefficient (Wildman–Crippen LogP) is 3.59. The summed E-state index contributed by atoms with van der Waals surface area (Å²) in [5.41, 5.74) is -0.728. The van der Waals surface area contributed by atoms with E-state index in [1.165, 1.54) is 11.8 Å². The third-order valence-electron chi connectivity index (χ3n) is 6.21. The van der Waals surface area contributed by atoms with Gasteiger partial charge in [-0.1, -0.05) is 0 Å². The fourth-order valence-electron chi connectivity index (χ4n) is 4.50. The molecule has 1 aromatic rings. The Balaban J connectivity index is 1.31. The monoisotopic (exact) mass is 467 g/mol. The van der Waals surface area contributed by atoms with Crippen molar-refractivity contribution in [3.8, 4) is 0 Å². The first kappa shape index (κ1) is 23.2. The van der Waals surface area contributed by atoms with Crippen molar-refractivity contribution in [2.45, 2.75) is 44.0 Å². The van der Waals surface area contributed by atoms with Crippen LogP contribution in [-0.4, -0.2) is 54.7 Å². The van der Waals surface area contributed by atoms with Crippen molar-refractivity contribution in [2.75, 3.05) is 38.0 Å². The lowest BCUT2D eigenvalue weighted by atomic mass is 9.92. The van der Waals surface area contributed by atoms with Crippen molar-refractivity contribution in [2.24, 2.45) is 0 Å². The Morgan fingerprint density at radius 1 is 1.15 bits per heavy atom. The molecule has 3 N–H and O–H groups in total. The number of piperazine rings is 1.